The Labute approximate surface area is 172 Å². The summed E-state index contributed by atoms with van der Waals surface area (Å²) in [5, 5.41) is 3.44. The van der Waals surface area contributed by atoms with Crippen molar-refractivity contribution < 1.29 is 4.79 Å². The van der Waals surface area contributed by atoms with Gasteiger partial charge in [-0.3, -0.25) is 14.2 Å². The van der Waals surface area contributed by atoms with Gasteiger partial charge in [-0.05, 0) is 38.5 Å². The Kier molecular flexibility index (Phi) is 5.03. The number of thiophene rings is 1. The molecule has 0 aliphatic carbocycles. The summed E-state index contributed by atoms with van der Waals surface area (Å²) in [6, 6.07) is 16.7. The third kappa shape index (κ3) is 3.59. The number of hydrogen-bond acceptors (Lipinski definition) is 4. The van der Waals surface area contributed by atoms with Crippen molar-refractivity contribution in [2.45, 2.75) is 26.8 Å². The van der Waals surface area contributed by atoms with Gasteiger partial charge in [0.2, 0.25) is 5.91 Å². The number of hydrogen-bond donors (Lipinski definition) is 1. The zero-order chi connectivity index (χ0) is 20.5. The number of anilines is 1. The van der Waals surface area contributed by atoms with Crippen LogP contribution in [-0.4, -0.2) is 15.5 Å². The molecule has 0 bridgehead atoms. The first-order chi connectivity index (χ1) is 14.0. The summed E-state index contributed by atoms with van der Waals surface area (Å²) in [6.07, 6.45) is 1.47. The van der Waals surface area contributed by atoms with Crippen molar-refractivity contribution >= 4 is 33.1 Å². The minimum absolute atomic E-state index is 0.204. The topological polar surface area (TPSA) is 64.0 Å². The first-order valence-electron chi connectivity index (χ1n) is 9.39. The molecule has 6 heteroatoms. The summed E-state index contributed by atoms with van der Waals surface area (Å²) < 4.78 is 1.41. The molecule has 0 radical (unpaired) electrons. The molecule has 2 heterocycles. The maximum atomic E-state index is 13.3. The Bertz CT molecular complexity index is 1240. The number of nitrogens with one attached hydrogen (secondary N) is 1. The van der Waals surface area contributed by atoms with E-state index in [9.17, 15) is 9.59 Å². The molecule has 29 heavy (non-hydrogen) atoms. The van der Waals surface area contributed by atoms with Gasteiger partial charge < -0.3 is 5.32 Å². The Morgan fingerprint density at radius 1 is 1.07 bits per heavy atom. The minimum atomic E-state index is -0.690. The van der Waals surface area contributed by atoms with Crippen LogP contribution in [0.15, 0.2) is 65.7 Å². The summed E-state index contributed by atoms with van der Waals surface area (Å²) >= 11 is 1.50. The molecular weight excluding hydrogens is 382 g/mol. The van der Waals surface area contributed by atoms with Crippen LogP contribution in [0.25, 0.3) is 21.3 Å². The van der Waals surface area contributed by atoms with Gasteiger partial charge in [0.25, 0.3) is 5.56 Å². The molecule has 0 aliphatic rings. The highest BCUT2D eigenvalue weighted by atomic mass is 32.1. The van der Waals surface area contributed by atoms with E-state index in [1.807, 2.05) is 68.4 Å². The molecular formula is C23H21N3O2S. The van der Waals surface area contributed by atoms with Crippen LogP contribution < -0.4 is 10.9 Å². The Morgan fingerprint density at radius 2 is 1.76 bits per heavy atom. The predicted octanol–water partition coefficient (Wildman–Crippen LogP) is 4.94. The van der Waals surface area contributed by atoms with Crippen molar-refractivity contribution in [1.29, 1.82) is 0 Å². The Morgan fingerprint density at radius 3 is 2.45 bits per heavy atom. The van der Waals surface area contributed by atoms with E-state index in [0.29, 0.717) is 15.9 Å². The van der Waals surface area contributed by atoms with Crippen LogP contribution in [0, 0.1) is 13.8 Å². The van der Waals surface area contributed by atoms with E-state index in [4.69, 9.17) is 0 Å². The zero-order valence-corrected chi connectivity index (χ0v) is 17.3. The largest absolute Gasteiger partial charge is 0.324 e. The van der Waals surface area contributed by atoms with Crippen LogP contribution in [0.2, 0.25) is 0 Å². The van der Waals surface area contributed by atoms with E-state index in [0.717, 1.165) is 21.6 Å². The summed E-state index contributed by atoms with van der Waals surface area (Å²) in [4.78, 5) is 32.3. The van der Waals surface area contributed by atoms with E-state index in [1.54, 1.807) is 6.92 Å². The number of amides is 1. The number of rotatable bonds is 4. The lowest BCUT2D eigenvalue weighted by molar-refractivity contribution is -0.118. The van der Waals surface area contributed by atoms with Crippen molar-refractivity contribution in [3.63, 3.8) is 0 Å². The van der Waals surface area contributed by atoms with Crippen molar-refractivity contribution in [2.75, 3.05) is 5.32 Å². The van der Waals surface area contributed by atoms with E-state index >= 15 is 0 Å². The van der Waals surface area contributed by atoms with Crippen LogP contribution in [0.3, 0.4) is 0 Å². The second kappa shape index (κ2) is 7.64. The van der Waals surface area contributed by atoms with Crippen molar-refractivity contribution in [1.82, 2.24) is 9.55 Å². The number of fused-ring (bicyclic) bond motifs is 1. The lowest BCUT2D eigenvalue weighted by Crippen LogP contribution is -2.31. The fourth-order valence-corrected chi connectivity index (χ4v) is 4.36. The van der Waals surface area contributed by atoms with Gasteiger partial charge in [0.15, 0.2) is 0 Å². The van der Waals surface area contributed by atoms with Gasteiger partial charge in [-0.15, -0.1) is 11.3 Å². The van der Waals surface area contributed by atoms with Gasteiger partial charge in [-0.2, -0.15) is 0 Å². The number of benzene rings is 2. The molecule has 0 unspecified atom stereocenters. The highest BCUT2D eigenvalue weighted by molar-refractivity contribution is 7.19. The fourth-order valence-electron chi connectivity index (χ4n) is 3.35. The molecule has 0 aliphatic heterocycles. The molecule has 146 valence electrons. The molecule has 1 atom stereocenters. The average Bonchev–Trinajstić information content (AvgIpc) is 3.07. The average molecular weight is 404 g/mol. The Balaban J connectivity index is 1.74. The monoisotopic (exact) mass is 403 g/mol. The first-order valence-corrected chi connectivity index (χ1v) is 10.2. The smallest absolute Gasteiger partial charge is 0.263 e. The normalized spacial score (nSPS) is 12.1. The van der Waals surface area contributed by atoms with E-state index in [-0.39, 0.29) is 11.5 Å². The summed E-state index contributed by atoms with van der Waals surface area (Å²) in [5.74, 6) is -0.259. The second-order valence-corrected chi connectivity index (χ2v) is 8.27. The second-order valence-electron chi connectivity index (χ2n) is 7.07. The third-order valence-corrected chi connectivity index (χ3v) is 6.00. The number of carbonyl (C=O) groups is 1. The molecule has 4 aromatic rings. The lowest BCUT2D eigenvalue weighted by Gasteiger charge is -2.15. The Hall–Kier alpha value is -3.25. The first kappa shape index (κ1) is 19.1. The number of aromatic nitrogens is 2. The van der Waals surface area contributed by atoms with Gasteiger partial charge in [0.1, 0.15) is 10.9 Å². The number of carbonyl (C=O) groups excluding carboxylic acids is 1. The minimum Gasteiger partial charge on any atom is -0.324 e. The van der Waals surface area contributed by atoms with Gasteiger partial charge in [-0.1, -0.05) is 48.0 Å². The molecule has 2 aromatic heterocycles. The van der Waals surface area contributed by atoms with E-state index in [1.165, 1.54) is 22.2 Å². The summed E-state index contributed by atoms with van der Waals surface area (Å²) in [7, 11) is 0. The molecule has 1 amide bonds. The zero-order valence-electron chi connectivity index (χ0n) is 16.5. The number of nitrogens with zero attached hydrogens (tertiary/aromatic N) is 2. The van der Waals surface area contributed by atoms with E-state index in [2.05, 4.69) is 10.3 Å². The van der Waals surface area contributed by atoms with Gasteiger partial charge >= 0.3 is 0 Å². The molecule has 2 aromatic carbocycles. The molecule has 1 N–H and O–H groups in total. The fraction of sp³-hybridized carbons (Fsp3) is 0.174. The summed E-state index contributed by atoms with van der Waals surface area (Å²) in [5.41, 5.74) is 3.48. The van der Waals surface area contributed by atoms with Crippen molar-refractivity contribution in [3.05, 3.63) is 81.7 Å². The molecule has 4 rings (SSSR count). The predicted molar refractivity (Wildman–Crippen MR) is 119 cm³/mol. The van der Waals surface area contributed by atoms with Crippen molar-refractivity contribution in [2.24, 2.45) is 0 Å². The van der Waals surface area contributed by atoms with Crippen molar-refractivity contribution in [3.8, 4) is 11.1 Å². The lowest BCUT2D eigenvalue weighted by atomic mass is 10.0. The molecule has 5 nitrogen and oxygen atoms in total. The van der Waals surface area contributed by atoms with Gasteiger partial charge in [-0.25, -0.2) is 4.98 Å². The third-order valence-electron chi connectivity index (χ3n) is 4.99. The molecule has 0 fully saturated rings. The summed E-state index contributed by atoms with van der Waals surface area (Å²) in [6.45, 7) is 5.69. The van der Waals surface area contributed by atoms with Gasteiger partial charge in [0, 0.05) is 16.1 Å². The quantitative estimate of drug-likeness (QED) is 0.525. The van der Waals surface area contributed by atoms with Crippen LogP contribution in [0.4, 0.5) is 5.69 Å². The maximum absolute atomic E-state index is 13.3. The highest BCUT2D eigenvalue weighted by Crippen LogP contribution is 2.35. The van der Waals surface area contributed by atoms with E-state index < -0.39 is 6.04 Å². The molecule has 0 spiro atoms. The van der Waals surface area contributed by atoms with Gasteiger partial charge in [0.05, 0.1) is 11.7 Å². The van der Waals surface area contributed by atoms with Crippen LogP contribution in [0.1, 0.15) is 23.4 Å². The highest BCUT2D eigenvalue weighted by Gasteiger charge is 2.21. The maximum Gasteiger partial charge on any atom is 0.263 e. The molecule has 0 saturated heterocycles. The van der Waals surface area contributed by atoms with Crippen LogP contribution >= 0.6 is 11.3 Å². The molecule has 0 saturated carbocycles. The number of aryl methyl sites for hydroxylation is 2. The SMILES string of the molecule is Cc1ccc(NC(=O)[C@@H](C)n2cnc3sc(C)c(-c4ccccc4)c3c2=O)cc1. The van der Waals surface area contributed by atoms with Crippen LogP contribution in [0.5, 0.6) is 0 Å². The standard InChI is InChI=1S/C23H21N3O2S/c1-14-9-11-18(12-10-14)25-21(27)15(2)26-13-24-22-20(23(26)28)19(16(3)29-22)17-7-5-4-6-8-17/h4-13,15H,1-3H3,(H,25,27)/t15-/m1/s1. The van der Waals surface area contributed by atoms with Crippen LogP contribution in [-0.2, 0) is 4.79 Å².